The first-order valence-electron chi connectivity index (χ1n) is 9.29. The topological polar surface area (TPSA) is 98.5 Å². The van der Waals surface area contributed by atoms with Gasteiger partial charge in [0.1, 0.15) is 5.75 Å². The molecule has 1 amide bonds. The number of rotatable bonds is 5. The number of nitrogens with one attached hydrogen (secondary N) is 1. The number of carbonyl (C=O) groups is 1. The predicted octanol–water partition coefficient (Wildman–Crippen LogP) is 3.41. The maximum atomic E-state index is 12.9. The third kappa shape index (κ3) is 3.76. The van der Waals surface area contributed by atoms with E-state index in [9.17, 15) is 13.2 Å². The molecule has 27 heavy (non-hydrogen) atoms. The fourth-order valence-electron chi connectivity index (χ4n) is 6.04. The summed E-state index contributed by atoms with van der Waals surface area (Å²) in [5.74, 6) is 1.73. The van der Waals surface area contributed by atoms with Crippen LogP contribution in [-0.2, 0) is 14.8 Å². The molecule has 3 N–H and O–H groups in total. The molecule has 8 heteroatoms. The first-order valence-corrected chi connectivity index (χ1v) is 11.6. The van der Waals surface area contributed by atoms with Crippen molar-refractivity contribution in [3.63, 3.8) is 0 Å². The number of sulfonamides is 1. The highest BCUT2D eigenvalue weighted by Crippen LogP contribution is 2.65. The van der Waals surface area contributed by atoms with Crippen molar-refractivity contribution in [2.24, 2.45) is 22.4 Å². The second kappa shape index (κ2) is 6.46. The van der Waals surface area contributed by atoms with Crippen molar-refractivity contribution in [3.05, 3.63) is 18.2 Å². The van der Waals surface area contributed by atoms with Crippen LogP contribution in [0.15, 0.2) is 23.1 Å². The van der Waals surface area contributed by atoms with Crippen LogP contribution in [0, 0.1) is 17.3 Å². The van der Waals surface area contributed by atoms with E-state index in [0.717, 1.165) is 19.3 Å². The number of anilines is 1. The monoisotopic (exact) mass is 456 g/mol. The van der Waals surface area contributed by atoms with E-state index in [4.69, 9.17) is 9.88 Å². The van der Waals surface area contributed by atoms with Crippen LogP contribution in [0.5, 0.6) is 5.75 Å². The predicted molar refractivity (Wildman–Crippen MR) is 106 cm³/mol. The Kier molecular flexibility index (Phi) is 4.59. The summed E-state index contributed by atoms with van der Waals surface area (Å²) in [5.41, 5.74) is 0.384. The Morgan fingerprint density at radius 3 is 2.52 bits per heavy atom. The standard InChI is InChI=1S/C19H25BrN2O4S/c1-26-16-3-2-14(27(21,24)25)5-15(16)22-17(23)10-18-6-12-4-13(7-18)9-19(20,8-12)11-18/h2-3,5,12-13H,4,6-11H2,1H3,(H,22,23)(H2,21,24,25). The van der Waals surface area contributed by atoms with Gasteiger partial charge in [0.05, 0.1) is 17.7 Å². The number of methoxy groups -OCH3 is 1. The van der Waals surface area contributed by atoms with Crippen LogP contribution in [0.1, 0.15) is 44.9 Å². The number of primary sulfonamides is 1. The van der Waals surface area contributed by atoms with Crippen molar-refractivity contribution in [2.75, 3.05) is 12.4 Å². The molecule has 2 atom stereocenters. The zero-order valence-corrected chi connectivity index (χ0v) is 17.7. The largest absolute Gasteiger partial charge is 0.495 e. The highest BCUT2D eigenvalue weighted by atomic mass is 79.9. The second-order valence-electron chi connectivity index (χ2n) is 8.74. The lowest BCUT2D eigenvalue weighted by molar-refractivity contribution is -0.123. The number of halogens is 1. The third-order valence-corrected chi connectivity index (χ3v) is 8.26. The van der Waals surface area contributed by atoms with Gasteiger partial charge in [-0.25, -0.2) is 13.6 Å². The molecule has 4 aliphatic rings. The third-order valence-electron chi connectivity index (χ3n) is 6.42. The van der Waals surface area contributed by atoms with E-state index in [2.05, 4.69) is 21.2 Å². The maximum absolute atomic E-state index is 12.9. The highest BCUT2D eigenvalue weighted by Gasteiger charge is 2.57. The van der Waals surface area contributed by atoms with Gasteiger partial charge in [-0.05, 0) is 74.0 Å². The molecule has 5 rings (SSSR count). The van der Waals surface area contributed by atoms with E-state index >= 15 is 0 Å². The van der Waals surface area contributed by atoms with Crippen LogP contribution in [0.4, 0.5) is 5.69 Å². The van der Waals surface area contributed by atoms with E-state index in [0.29, 0.717) is 29.7 Å². The fraction of sp³-hybridized carbons (Fsp3) is 0.632. The molecule has 4 aliphatic carbocycles. The summed E-state index contributed by atoms with van der Waals surface area (Å²) in [6.45, 7) is 0. The van der Waals surface area contributed by atoms with Crippen molar-refractivity contribution < 1.29 is 17.9 Å². The van der Waals surface area contributed by atoms with Gasteiger partial charge in [0.15, 0.2) is 0 Å². The molecule has 0 aromatic heterocycles. The molecule has 6 nitrogen and oxygen atoms in total. The van der Waals surface area contributed by atoms with Gasteiger partial charge >= 0.3 is 0 Å². The number of alkyl halides is 1. The number of hydrogen-bond donors (Lipinski definition) is 2. The van der Waals surface area contributed by atoms with E-state index < -0.39 is 10.0 Å². The lowest BCUT2D eigenvalue weighted by Crippen LogP contribution is -2.53. The zero-order chi connectivity index (χ0) is 19.4. The average molecular weight is 457 g/mol. The fourth-order valence-corrected chi connectivity index (χ4v) is 8.09. The summed E-state index contributed by atoms with van der Waals surface area (Å²) in [6, 6.07) is 4.24. The number of nitrogens with two attached hydrogens (primary N) is 1. The van der Waals surface area contributed by atoms with Crippen molar-refractivity contribution in [1.82, 2.24) is 0 Å². The smallest absolute Gasteiger partial charge is 0.238 e. The molecule has 148 valence electrons. The van der Waals surface area contributed by atoms with Crippen molar-refractivity contribution in [2.45, 2.75) is 54.2 Å². The highest BCUT2D eigenvalue weighted by molar-refractivity contribution is 9.10. The summed E-state index contributed by atoms with van der Waals surface area (Å²) in [7, 11) is -2.37. The van der Waals surface area contributed by atoms with Gasteiger partial charge in [0, 0.05) is 10.7 Å². The molecule has 4 bridgehead atoms. The quantitative estimate of drug-likeness (QED) is 0.663. The Labute approximate surface area is 168 Å². The number of ether oxygens (including phenoxy) is 1. The molecule has 0 heterocycles. The van der Waals surface area contributed by atoms with E-state index in [1.807, 2.05) is 0 Å². The van der Waals surface area contributed by atoms with Gasteiger partial charge in [-0.15, -0.1) is 0 Å². The first-order chi connectivity index (χ1) is 12.6. The van der Waals surface area contributed by atoms with Crippen LogP contribution < -0.4 is 15.2 Å². The van der Waals surface area contributed by atoms with Crippen molar-refractivity contribution >= 4 is 37.5 Å². The Bertz CT molecular complexity index is 872. The van der Waals surface area contributed by atoms with Gasteiger partial charge in [-0.2, -0.15) is 0 Å². The molecule has 0 spiro atoms. The summed E-state index contributed by atoms with van der Waals surface area (Å²) >= 11 is 3.97. The average Bonchev–Trinajstić information content (AvgIpc) is 2.50. The van der Waals surface area contributed by atoms with Crippen molar-refractivity contribution in [3.8, 4) is 5.75 Å². The molecule has 0 radical (unpaired) electrons. The maximum Gasteiger partial charge on any atom is 0.238 e. The number of benzene rings is 1. The van der Waals surface area contributed by atoms with Crippen LogP contribution in [0.25, 0.3) is 0 Å². The van der Waals surface area contributed by atoms with Crippen LogP contribution in [0.3, 0.4) is 0 Å². The van der Waals surface area contributed by atoms with Gasteiger partial charge in [-0.3, -0.25) is 4.79 Å². The molecular formula is C19H25BrN2O4S. The minimum absolute atomic E-state index is 0.0441. The Hall–Kier alpha value is -1.12. The summed E-state index contributed by atoms with van der Waals surface area (Å²) in [6.07, 6.45) is 7.44. The molecule has 1 aromatic carbocycles. The number of amides is 1. The summed E-state index contributed by atoms with van der Waals surface area (Å²) in [4.78, 5) is 12.8. The van der Waals surface area contributed by atoms with Crippen LogP contribution in [0.2, 0.25) is 0 Å². The van der Waals surface area contributed by atoms with Gasteiger partial charge in [0.2, 0.25) is 15.9 Å². The lowest BCUT2D eigenvalue weighted by Gasteiger charge is -2.60. The Balaban J connectivity index is 1.53. The molecular weight excluding hydrogens is 432 g/mol. The second-order valence-corrected chi connectivity index (χ2v) is 12.0. The first kappa shape index (κ1) is 19.2. The van der Waals surface area contributed by atoms with Gasteiger partial charge < -0.3 is 10.1 Å². The molecule has 1 aromatic rings. The lowest BCUT2D eigenvalue weighted by atomic mass is 9.48. The molecule has 0 aliphatic heterocycles. The molecule has 2 unspecified atom stereocenters. The number of hydrogen-bond acceptors (Lipinski definition) is 4. The minimum Gasteiger partial charge on any atom is -0.495 e. The van der Waals surface area contributed by atoms with Crippen molar-refractivity contribution in [1.29, 1.82) is 0 Å². The molecule has 4 fully saturated rings. The zero-order valence-electron chi connectivity index (χ0n) is 15.3. The van der Waals surface area contributed by atoms with Crippen LogP contribution >= 0.6 is 15.9 Å². The normalized spacial score (nSPS) is 34.5. The van der Waals surface area contributed by atoms with Crippen LogP contribution in [-0.4, -0.2) is 25.8 Å². The Morgan fingerprint density at radius 1 is 1.30 bits per heavy atom. The van der Waals surface area contributed by atoms with E-state index in [-0.39, 0.29) is 20.5 Å². The van der Waals surface area contributed by atoms with Gasteiger partial charge in [0.25, 0.3) is 0 Å². The van der Waals surface area contributed by atoms with Gasteiger partial charge in [-0.1, -0.05) is 15.9 Å². The van der Waals surface area contributed by atoms with E-state index in [1.54, 1.807) is 0 Å². The number of carbonyl (C=O) groups excluding carboxylic acids is 1. The SMILES string of the molecule is COc1ccc(S(N)(=O)=O)cc1NC(=O)CC12CC3CC(CC(Br)(C3)C1)C2. The molecule has 4 saturated carbocycles. The summed E-state index contributed by atoms with van der Waals surface area (Å²) < 4.78 is 28.7. The minimum atomic E-state index is -3.85. The molecule has 0 saturated heterocycles. The Morgan fingerprint density at radius 2 is 1.96 bits per heavy atom. The summed E-state index contributed by atoms with van der Waals surface area (Å²) in [5, 5.41) is 8.07. The van der Waals surface area contributed by atoms with E-state index in [1.165, 1.54) is 44.6 Å².